The van der Waals surface area contributed by atoms with Crippen LogP contribution in [0.25, 0.3) is 17.1 Å². The molecule has 0 amide bonds. The summed E-state index contributed by atoms with van der Waals surface area (Å²) in [6, 6.07) is 10.8. The Hall–Kier alpha value is -2.64. The van der Waals surface area contributed by atoms with Crippen LogP contribution in [0.15, 0.2) is 48.8 Å². The van der Waals surface area contributed by atoms with E-state index in [-0.39, 0.29) is 0 Å². The van der Waals surface area contributed by atoms with E-state index in [0.29, 0.717) is 11.4 Å². The molecular formula is C13H10F3N5. The van der Waals surface area contributed by atoms with Crippen molar-refractivity contribution in [3.8, 4) is 17.1 Å². The smallest absolute Gasteiger partial charge is 0.263 e. The van der Waals surface area contributed by atoms with Gasteiger partial charge in [0.05, 0.1) is 11.9 Å². The summed E-state index contributed by atoms with van der Waals surface area (Å²) in [4.78, 5) is 0. The molecule has 1 aromatic carbocycles. The molecule has 0 bridgehead atoms. The first kappa shape index (κ1) is 13.3. The Morgan fingerprint density at radius 3 is 2.48 bits per heavy atom. The highest BCUT2D eigenvalue weighted by Gasteiger charge is 2.28. The molecule has 0 aliphatic rings. The predicted molar refractivity (Wildman–Crippen MR) is 68.6 cm³/mol. The van der Waals surface area contributed by atoms with Gasteiger partial charge in [0.2, 0.25) is 0 Å². The standard InChI is InChI=1S/C13H10F3N5/c14-13(15,16)9-20-7-6-11(18-20)12-8-21(19-17-12)10-4-2-1-3-5-10/h1-8H,9H2. The van der Waals surface area contributed by atoms with E-state index in [4.69, 9.17) is 0 Å². The van der Waals surface area contributed by atoms with Gasteiger partial charge in [-0.2, -0.15) is 18.3 Å². The van der Waals surface area contributed by atoms with Crippen molar-refractivity contribution >= 4 is 0 Å². The summed E-state index contributed by atoms with van der Waals surface area (Å²) in [5.74, 6) is 0. The van der Waals surface area contributed by atoms with Crippen LogP contribution in [-0.2, 0) is 6.54 Å². The minimum atomic E-state index is -4.30. The Balaban J connectivity index is 1.84. The van der Waals surface area contributed by atoms with E-state index in [0.717, 1.165) is 10.4 Å². The third-order valence-corrected chi connectivity index (χ3v) is 2.76. The normalized spacial score (nSPS) is 11.8. The Morgan fingerprint density at radius 1 is 1.00 bits per heavy atom. The number of halogens is 3. The Labute approximate surface area is 117 Å². The maximum absolute atomic E-state index is 12.3. The summed E-state index contributed by atoms with van der Waals surface area (Å²) in [5.41, 5.74) is 1.58. The van der Waals surface area contributed by atoms with Gasteiger partial charge in [-0.15, -0.1) is 5.10 Å². The maximum atomic E-state index is 12.3. The van der Waals surface area contributed by atoms with Gasteiger partial charge in [0.15, 0.2) is 0 Å². The molecule has 108 valence electrons. The molecule has 8 heteroatoms. The van der Waals surface area contributed by atoms with Crippen LogP contribution in [0.5, 0.6) is 0 Å². The number of nitrogens with zero attached hydrogens (tertiary/aromatic N) is 5. The molecule has 3 aromatic rings. The predicted octanol–water partition coefficient (Wildman–Crippen LogP) is 2.69. The summed E-state index contributed by atoms with van der Waals surface area (Å²) in [6.45, 7) is -1.13. The zero-order chi connectivity index (χ0) is 14.9. The minimum Gasteiger partial charge on any atom is -0.263 e. The van der Waals surface area contributed by atoms with Crippen molar-refractivity contribution in [1.82, 2.24) is 24.8 Å². The van der Waals surface area contributed by atoms with E-state index < -0.39 is 12.7 Å². The molecule has 0 N–H and O–H groups in total. The van der Waals surface area contributed by atoms with Crippen molar-refractivity contribution in [3.63, 3.8) is 0 Å². The highest BCUT2D eigenvalue weighted by atomic mass is 19.4. The third-order valence-electron chi connectivity index (χ3n) is 2.76. The van der Waals surface area contributed by atoms with E-state index in [1.165, 1.54) is 16.9 Å². The van der Waals surface area contributed by atoms with Gasteiger partial charge in [0.25, 0.3) is 0 Å². The van der Waals surface area contributed by atoms with Gasteiger partial charge < -0.3 is 0 Å². The molecule has 3 rings (SSSR count). The fraction of sp³-hybridized carbons (Fsp3) is 0.154. The third kappa shape index (κ3) is 3.10. The van der Waals surface area contributed by atoms with Crippen LogP contribution < -0.4 is 0 Å². The molecule has 0 atom stereocenters. The largest absolute Gasteiger partial charge is 0.408 e. The highest BCUT2D eigenvalue weighted by Crippen LogP contribution is 2.19. The van der Waals surface area contributed by atoms with Gasteiger partial charge in [-0.3, -0.25) is 4.68 Å². The van der Waals surface area contributed by atoms with Gasteiger partial charge in [0.1, 0.15) is 17.9 Å². The van der Waals surface area contributed by atoms with Gasteiger partial charge in [0, 0.05) is 6.20 Å². The summed E-state index contributed by atoms with van der Waals surface area (Å²) in [5, 5.41) is 11.7. The summed E-state index contributed by atoms with van der Waals surface area (Å²) < 4.78 is 39.2. The van der Waals surface area contributed by atoms with Crippen molar-refractivity contribution in [2.24, 2.45) is 0 Å². The van der Waals surface area contributed by atoms with Crippen LogP contribution in [0.2, 0.25) is 0 Å². The zero-order valence-electron chi connectivity index (χ0n) is 10.7. The number of hydrogen-bond donors (Lipinski definition) is 0. The number of hydrogen-bond acceptors (Lipinski definition) is 3. The lowest BCUT2D eigenvalue weighted by Gasteiger charge is -2.04. The SMILES string of the molecule is FC(F)(F)Cn1ccc(-c2cn(-c3ccccc3)nn2)n1. The minimum absolute atomic E-state index is 0.349. The molecule has 0 unspecified atom stereocenters. The molecule has 2 aromatic heterocycles. The maximum Gasteiger partial charge on any atom is 0.408 e. The van der Waals surface area contributed by atoms with E-state index in [9.17, 15) is 13.2 Å². The van der Waals surface area contributed by atoms with E-state index >= 15 is 0 Å². The molecule has 0 fully saturated rings. The fourth-order valence-corrected chi connectivity index (χ4v) is 1.86. The highest BCUT2D eigenvalue weighted by molar-refractivity contribution is 5.52. The van der Waals surface area contributed by atoms with Crippen molar-refractivity contribution in [2.45, 2.75) is 12.7 Å². The number of para-hydroxylation sites is 1. The monoisotopic (exact) mass is 293 g/mol. The van der Waals surface area contributed by atoms with Crippen molar-refractivity contribution < 1.29 is 13.2 Å². The van der Waals surface area contributed by atoms with E-state index in [2.05, 4.69) is 15.4 Å². The second kappa shape index (κ2) is 5.04. The first-order chi connectivity index (χ1) is 10.0. The molecule has 0 saturated carbocycles. The van der Waals surface area contributed by atoms with Gasteiger partial charge in [-0.25, -0.2) is 4.68 Å². The topological polar surface area (TPSA) is 48.5 Å². The van der Waals surface area contributed by atoms with Crippen molar-refractivity contribution in [3.05, 3.63) is 48.8 Å². The van der Waals surface area contributed by atoms with E-state index in [1.54, 1.807) is 6.20 Å². The van der Waals surface area contributed by atoms with Crippen LogP contribution in [0.4, 0.5) is 13.2 Å². The molecule has 0 radical (unpaired) electrons. The molecule has 0 saturated heterocycles. The van der Waals surface area contributed by atoms with Gasteiger partial charge >= 0.3 is 6.18 Å². The van der Waals surface area contributed by atoms with E-state index in [1.807, 2.05) is 30.3 Å². The Morgan fingerprint density at radius 2 is 1.76 bits per heavy atom. The zero-order valence-corrected chi connectivity index (χ0v) is 10.7. The van der Waals surface area contributed by atoms with Crippen LogP contribution in [-0.4, -0.2) is 31.0 Å². The fourth-order valence-electron chi connectivity index (χ4n) is 1.86. The number of alkyl halides is 3. The molecule has 5 nitrogen and oxygen atoms in total. The Kier molecular flexibility index (Phi) is 3.20. The number of benzene rings is 1. The second-order valence-corrected chi connectivity index (χ2v) is 4.40. The van der Waals surface area contributed by atoms with Crippen molar-refractivity contribution in [2.75, 3.05) is 0 Å². The first-order valence-electron chi connectivity index (χ1n) is 6.10. The number of rotatable bonds is 3. The van der Waals surface area contributed by atoms with Crippen LogP contribution >= 0.6 is 0 Å². The lowest BCUT2D eigenvalue weighted by Crippen LogP contribution is -2.17. The van der Waals surface area contributed by atoms with Crippen LogP contribution in [0, 0.1) is 0 Å². The average Bonchev–Trinajstić information content (AvgIpc) is 3.06. The van der Waals surface area contributed by atoms with Gasteiger partial charge in [-0.05, 0) is 18.2 Å². The summed E-state index contributed by atoms with van der Waals surface area (Å²) in [6.07, 6.45) is -1.41. The molecule has 0 aliphatic heterocycles. The summed E-state index contributed by atoms with van der Waals surface area (Å²) in [7, 11) is 0. The molecule has 21 heavy (non-hydrogen) atoms. The number of aromatic nitrogens is 5. The lowest BCUT2D eigenvalue weighted by atomic mass is 10.3. The lowest BCUT2D eigenvalue weighted by molar-refractivity contribution is -0.142. The molecule has 2 heterocycles. The first-order valence-corrected chi connectivity index (χ1v) is 6.10. The van der Waals surface area contributed by atoms with Crippen molar-refractivity contribution in [1.29, 1.82) is 0 Å². The van der Waals surface area contributed by atoms with Gasteiger partial charge in [-0.1, -0.05) is 23.4 Å². The second-order valence-electron chi connectivity index (χ2n) is 4.40. The van der Waals surface area contributed by atoms with Crippen LogP contribution in [0.1, 0.15) is 0 Å². The molecular weight excluding hydrogens is 283 g/mol. The average molecular weight is 293 g/mol. The molecule has 0 aliphatic carbocycles. The van der Waals surface area contributed by atoms with Crippen LogP contribution in [0.3, 0.4) is 0 Å². The molecule has 0 spiro atoms. The summed E-state index contributed by atoms with van der Waals surface area (Å²) >= 11 is 0. The Bertz CT molecular complexity index is 730. The quantitative estimate of drug-likeness (QED) is 0.746.